The minimum Gasteiger partial charge on any atom is -0.497 e. The summed E-state index contributed by atoms with van der Waals surface area (Å²) in [6, 6.07) is 7.71. The van der Waals surface area contributed by atoms with E-state index in [0.29, 0.717) is 19.0 Å². The molecular weight excluding hydrogens is 296 g/mol. The van der Waals surface area contributed by atoms with Crippen LogP contribution in [0.15, 0.2) is 24.3 Å². The Kier molecular flexibility index (Phi) is 3.53. The van der Waals surface area contributed by atoms with E-state index in [1.165, 1.54) is 0 Å². The molecule has 4 rings (SSSR count). The normalized spacial score (nSPS) is 20.5. The molecule has 0 N–H and O–H groups in total. The summed E-state index contributed by atoms with van der Waals surface area (Å²) in [5.41, 5.74) is 1.67. The van der Waals surface area contributed by atoms with Crippen LogP contribution >= 0.6 is 0 Å². The van der Waals surface area contributed by atoms with E-state index in [0.717, 1.165) is 41.7 Å². The Hall–Kier alpha value is -2.34. The van der Waals surface area contributed by atoms with Crippen molar-refractivity contribution in [3.63, 3.8) is 0 Å². The summed E-state index contributed by atoms with van der Waals surface area (Å²) in [6.45, 7) is 1.85. The molecule has 1 fully saturated rings. The third-order valence-electron chi connectivity index (χ3n) is 4.32. The lowest BCUT2D eigenvalue weighted by atomic mass is 10.1. The zero-order valence-electron chi connectivity index (χ0n) is 12.9. The Bertz CT molecular complexity index is 756. The molecule has 1 aromatic heterocycles. The number of ether oxygens (including phenoxy) is 3. The quantitative estimate of drug-likeness (QED) is 0.872. The van der Waals surface area contributed by atoms with Gasteiger partial charge in [0.05, 0.1) is 31.8 Å². The largest absolute Gasteiger partial charge is 0.497 e. The van der Waals surface area contributed by atoms with E-state index < -0.39 is 0 Å². The smallest absolute Gasteiger partial charge is 0.416 e. The van der Waals surface area contributed by atoms with Gasteiger partial charge in [-0.05, 0) is 31.0 Å². The van der Waals surface area contributed by atoms with Gasteiger partial charge in [0.1, 0.15) is 5.75 Å². The Morgan fingerprint density at radius 3 is 3.09 bits per heavy atom. The van der Waals surface area contributed by atoms with E-state index in [9.17, 15) is 4.79 Å². The maximum Gasteiger partial charge on any atom is 0.416 e. The maximum absolute atomic E-state index is 12.2. The summed E-state index contributed by atoms with van der Waals surface area (Å²) in [5.74, 6) is 1.12. The number of carbonyl (C=O) groups excluding carboxylic acids is 1. The number of hydrogen-bond acceptors (Lipinski definition) is 5. The van der Waals surface area contributed by atoms with Gasteiger partial charge in [0.2, 0.25) is 5.88 Å². The molecule has 1 atom stereocenters. The first kappa shape index (κ1) is 14.3. The Balaban J connectivity index is 1.62. The molecule has 0 bridgehead atoms. The molecule has 6 nitrogen and oxygen atoms in total. The Morgan fingerprint density at radius 1 is 1.39 bits per heavy atom. The third-order valence-corrected chi connectivity index (χ3v) is 4.32. The molecule has 0 saturated carbocycles. The second-order valence-electron chi connectivity index (χ2n) is 5.89. The van der Waals surface area contributed by atoms with Crippen molar-refractivity contribution in [2.45, 2.75) is 25.5 Å². The van der Waals surface area contributed by atoms with Gasteiger partial charge in [-0.1, -0.05) is 0 Å². The molecule has 0 aliphatic carbocycles. The van der Waals surface area contributed by atoms with E-state index >= 15 is 0 Å². The molecule has 2 aliphatic heterocycles. The summed E-state index contributed by atoms with van der Waals surface area (Å²) in [5, 5.41) is 1.000. The highest BCUT2D eigenvalue weighted by Crippen LogP contribution is 2.30. The van der Waals surface area contributed by atoms with Crippen molar-refractivity contribution in [2.24, 2.45) is 0 Å². The maximum atomic E-state index is 12.2. The average Bonchev–Trinajstić information content (AvgIpc) is 3.06. The minimum atomic E-state index is -0.359. The van der Waals surface area contributed by atoms with Gasteiger partial charge in [0.25, 0.3) is 0 Å². The van der Waals surface area contributed by atoms with Crippen LogP contribution in [0.1, 0.15) is 18.4 Å². The van der Waals surface area contributed by atoms with Crippen molar-refractivity contribution in [1.29, 1.82) is 0 Å². The van der Waals surface area contributed by atoms with Gasteiger partial charge in [-0.2, -0.15) is 0 Å². The number of nitrogens with zero attached hydrogens (tertiary/aromatic N) is 2. The lowest BCUT2D eigenvalue weighted by molar-refractivity contribution is 0.0641. The molecule has 1 saturated heterocycles. The zero-order chi connectivity index (χ0) is 15.8. The number of carbonyl (C=O) groups is 1. The summed E-state index contributed by atoms with van der Waals surface area (Å²) in [6.07, 6.45) is 1.80. The monoisotopic (exact) mass is 314 g/mol. The van der Waals surface area contributed by atoms with Crippen LogP contribution in [0.4, 0.5) is 4.79 Å². The second kappa shape index (κ2) is 5.70. The van der Waals surface area contributed by atoms with Crippen LogP contribution in [0.25, 0.3) is 10.9 Å². The second-order valence-corrected chi connectivity index (χ2v) is 5.89. The fourth-order valence-electron chi connectivity index (χ4n) is 3.09. The van der Waals surface area contributed by atoms with Crippen molar-refractivity contribution >= 4 is 17.0 Å². The fraction of sp³-hybridized carbons (Fsp3) is 0.412. The average molecular weight is 314 g/mol. The first-order chi connectivity index (χ1) is 11.2. The number of hydrogen-bond donors (Lipinski definition) is 0. The molecule has 2 aliphatic rings. The van der Waals surface area contributed by atoms with Crippen LogP contribution in [0, 0.1) is 0 Å². The van der Waals surface area contributed by atoms with Crippen LogP contribution in [-0.4, -0.2) is 42.3 Å². The van der Waals surface area contributed by atoms with E-state index in [4.69, 9.17) is 14.2 Å². The standard InChI is InChI=1S/C17H18N2O4/c1-21-13-5-4-11-7-12-9-19(10-14-3-2-6-22-14)17(20)23-16(12)18-15(11)8-13/h4-5,7-8,14H,2-3,6,9-10H2,1H3. The van der Waals surface area contributed by atoms with Gasteiger partial charge in [-0.15, -0.1) is 0 Å². The van der Waals surface area contributed by atoms with Gasteiger partial charge < -0.3 is 19.1 Å². The summed E-state index contributed by atoms with van der Waals surface area (Å²) in [4.78, 5) is 18.3. The van der Waals surface area contributed by atoms with Crippen molar-refractivity contribution in [2.75, 3.05) is 20.3 Å². The highest BCUT2D eigenvalue weighted by Gasteiger charge is 2.29. The molecule has 6 heteroatoms. The van der Waals surface area contributed by atoms with Crippen molar-refractivity contribution in [3.8, 4) is 11.6 Å². The van der Waals surface area contributed by atoms with Crippen molar-refractivity contribution in [1.82, 2.24) is 9.88 Å². The van der Waals surface area contributed by atoms with E-state index in [2.05, 4.69) is 4.98 Å². The van der Waals surface area contributed by atoms with Gasteiger partial charge in [0.15, 0.2) is 0 Å². The molecule has 3 heterocycles. The summed E-state index contributed by atoms with van der Waals surface area (Å²) in [7, 11) is 1.61. The molecule has 0 radical (unpaired) electrons. The number of pyridine rings is 1. The predicted molar refractivity (Wildman–Crippen MR) is 83.7 cm³/mol. The molecule has 1 aromatic carbocycles. The first-order valence-corrected chi connectivity index (χ1v) is 7.79. The Morgan fingerprint density at radius 2 is 2.30 bits per heavy atom. The van der Waals surface area contributed by atoms with Crippen LogP contribution in [0.5, 0.6) is 11.6 Å². The van der Waals surface area contributed by atoms with Crippen LogP contribution in [-0.2, 0) is 11.3 Å². The number of benzene rings is 1. The summed E-state index contributed by atoms with van der Waals surface area (Å²) >= 11 is 0. The molecule has 0 spiro atoms. The van der Waals surface area contributed by atoms with E-state index in [1.54, 1.807) is 12.0 Å². The number of amides is 1. The fourth-order valence-corrected chi connectivity index (χ4v) is 3.09. The van der Waals surface area contributed by atoms with E-state index in [-0.39, 0.29) is 12.2 Å². The highest BCUT2D eigenvalue weighted by atomic mass is 16.6. The predicted octanol–water partition coefficient (Wildman–Crippen LogP) is 2.74. The number of rotatable bonds is 3. The molecule has 23 heavy (non-hydrogen) atoms. The van der Waals surface area contributed by atoms with Gasteiger partial charge in [-0.25, -0.2) is 9.78 Å². The number of fused-ring (bicyclic) bond motifs is 2. The molecule has 1 unspecified atom stereocenters. The minimum absolute atomic E-state index is 0.113. The Labute approximate surface area is 134 Å². The van der Waals surface area contributed by atoms with Gasteiger partial charge in [-0.3, -0.25) is 0 Å². The summed E-state index contributed by atoms with van der Waals surface area (Å²) < 4.78 is 16.2. The van der Waals surface area contributed by atoms with Crippen LogP contribution < -0.4 is 9.47 Å². The number of methoxy groups -OCH3 is 1. The lowest BCUT2D eigenvalue weighted by Gasteiger charge is -2.29. The SMILES string of the molecule is COc1ccc2cc3c(nc2c1)OC(=O)N(CC1CCCO1)C3. The van der Waals surface area contributed by atoms with E-state index in [1.807, 2.05) is 24.3 Å². The molecule has 1 amide bonds. The topological polar surface area (TPSA) is 60.9 Å². The van der Waals surface area contributed by atoms with Crippen LogP contribution in [0.2, 0.25) is 0 Å². The highest BCUT2D eigenvalue weighted by molar-refractivity contribution is 5.83. The molecule has 2 aromatic rings. The first-order valence-electron chi connectivity index (χ1n) is 7.79. The third kappa shape index (κ3) is 2.70. The zero-order valence-corrected chi connectivity index (χ0v) is 12.9. The lowest BCUT2D eigenvalue weighted by Crippen LogP contribution is -2.41. The van der Waals surface area contributed by atoms with Gasteiger partial charge in [0, 0.05) is 23.6 Å². The molecular formula is C17H18N2O4. The molecule has 120 valence electrons. The van der Waals surface area contributed by atoms with Gasteiger partial charge >= 0.3 is 6.09 Å². The van der Waals surface area contributed by atoms with Crippen molar-refractivity contribution < 1.29 is 19.0 Å². The van der Waals surface area contributed by atoms with Crippen LogP contribution in [0.3, 0.4) is 0 Å². The van der Waals surface area contributed by atoms with Crippen molar-refractivity contribution in [3.05, 3.63) is 29.8 Å². The number of aromatic nitrogens is 1.